The molecule has 0 bridgehead atoms. The van der Waals surface area contributed by atoms with Crippen molar-refractivity contribution in [3.05, 3.63) is 117 Å². The zero-order valence-corrected chi connectivity index (χ0v) is 18.9. The number of esters is 1. The van der Waals surface area contributed by atoms with Gasteiger partial charge >= 0.3 is 5.97 Å². The van der Waals surface area contributed by atoms with Crippen LogP contribution in [0.25, 0.3) is 6.08 Å². The molecule has 1 heterocycles. The van der Waals surface area contributed by atoms with E-state index >= 15 is 0 Å². The molecule has 8 nitrogen and oxygen atoms in total. The Kier molecular flexibility index (Phi) is 6.85. The predicted molar refractivity (Wildman–Crippen MR) is 127 cm³/mol. The van der Waals surface area contributed by atoms with Gasteiger partial charge in [0.2, 0.25) is 10.0 Å². The number of sulfonamides is 1. The average molecular weight is 479 g/mol. The van der Waals surface area contributed by atoms with Gasteiger partial charge in [-0.2, -0.15) is 4.31 Å². The summed E-state index contributed by atoms with van der Waals surface area (Å²) in [4.78, 5) is 23.3. The largest absolute Gasteiger partial charge is 0.460 e. The predicted octanol–water partition coefficient (Wildman–Crippen LogP) is 4.07. The Morgan fingerprint density at radius 3 is 2.32 bits per heavy atom. The number of carbonyl (C=O) groups excluding carboxylic acids is 1. The maximum atomic E-state index is 13.2. The lowest BCUT2D eigenvalue weighted by Gasteiger charge is -2.33. The summed E-state index contributed by atoms with van der Waals surface area (Å²) in [5.41, 5.74) is 2.94. The fourth-order valence-electron chi connectivity index (χ4n) is 3.74. The quantitative estimate of drug-likeness (QED) is 0.288. The summed E-state index contributed by atoms with van der Waals surface area (Å²) < 4.78 is 33.0. The molecule has 1 atom stereocenters. The standard InChI is InChI=1S/C25H22N2O6S/c28-25(33-18-20-10-12-23(13-11-20)27(29)30)24-16-21-8-4-5-9-22(21)17-26(24)34(31,32)15-14-19-6-2-1-3-7-19/h1-15,24H,16-18H2/b15-14+/t24-/m0/s1. The minimum atomic E-state index is -3.94. The highest BCUT2D eigenvalue weighted by molar-refractivity contribution is 7.92. The second-order valence-electron chi connectivity index (χ2n) is 7.82. The monoisotopic (exact) mass is 478 g/mol. The van der Waals surface area contributed by atoms with Gasteiger partial charge < -0.3 is 4.74 Å². The molecular weight excluding hydrogens is 456 g/mol. The van der Waals surface area contributed by atoms with Crippen LogP contribution in [0.4, 0.5) is 5.69 Å². The van der Waals surface area contributed by atoms with Crippen molar-refractivity contribution in [2.45, 2.75) is 25.6 Å². The van der Waals surface area contributed by atoms with Crippen molar-refractivity contribution >= 4 is 27.8 Å². The number of fused-ring (bicyclic) bond motifs is 1. The van der Waals surface area contributed by atoms with Crippen LogP contribution in [0.3, 0.4) is 0 Å². The second-order valence-corrected chi connectivity index (χ2v) is 9.59. The summed E-state index contributed by atoms with van der Waals surface area (Å²) in [6.45, 7) is -0.0718. The molecule has 0 amide bonds. The van der Waals surface area contributed by atoms with Crippen molar-refractivity contribution in [1.82, 2.24) is 4.31 Å². The molecule has 0 N–H and O–H groups in total. The fraction of sp³-hybridized carbons (Fsp3) is 0.160. The highest BCUT2D eigenvalue weighted by atomic mass is 32.2. The second kappa shape index (κ2) is 9.98. The molecule has 0 saturated carbocycles. The van der Waals surface area contributed by atoms with Crippen LogP contribution in [0.5, 0.6) is 0 Å². The molecule has 1 aliphatic rings. The lowest BCUT2D eigenvalue weighted by Crippen LogP contribution is -2.48. The molecule has 174 valence electrons. The molecule has 34 heavy (non-hydrogen) atoms. The third-order valence-electron chi connectivity index (χ3n) is 5.56. The van der Waals surface area contributed by atoms with E-state index in [-0.39, 0.29) is 25.3 Å². The van der Waals surface area contributed by atoms with E-state index in [1.807, 2.05) is 42.5 Å². The van der Waals surface area contributed by atoms with Crippen LogP contribution in [0.15, 0.2) is 84.3 Å². The van der Waals surface area contributed by atoms with Gasteiger partial charge in [0.1, 0.15) is 12.6 Å². The Labute approximate surface area is 197 Å². The van der Waals surface area contributed by atoms with Crippen LogP contribution in [0, 0.1) is 10.1 Å². The first-order valence-electron chi connectivity index (χ1n) is 10.6. The highest BCUT2D eigenvalue weighted by Crippen LogP contribution is 2.28. The molecule has 3 aromatic carbocycles. The van der Waals surface area contributed by atoms with Crippen LogP contribution in [-0.2, 0) is 39.1 Å². The molecule has 3 aromatic rings. The molecule has 0 aliphatic carbocycles. The number of non-ortho nitro benzene ring substituents is 1. The summed E-state index contributed by atoms with van der Waals surface area (Å²) >= 11 is 0. The van der Waals surface area contributed by atoms with Gasteiger partial charge in [0.15, 0.2) is 0 Å². The van der Waals surface area contributed by atoms with Gasteiger partial charge in [0.25, 0.3) is 5.69 Å². The normalized spacial score (nSPS) is 16.2. The van der Waals surface area contributed by atoms with E-state index in [2.05, 4.69) is 0 Å². The number of benzene rings is 3. The van der Waals surface area contributed by atoms with E-state index < -0.39 is 27.0 Å². The Morgan fingerprint density at radius 1 is 1.00 bits per heavy atom. The van der Waals surface area contributed by atoms with Crippen LogP contribution in [0.2, 0.25) is 0 Å². The van der Waals surface area contributed by atoms with Crippen molar-refractivity contribution in [3.8, 4) is 0 Å². The Hall–Kier alpha value is -3.82. The molecule has 0 fully saturated rings. The van der Waals surface area contributed by atoms with Crippen LogP contribution < -0.4 is 0 Å². The van der Waals surface area contributed by atoms with Gasteiger partial charge in [-0.1, -0.05) is 54.6 Å². The minimum absolute atomic E-state index is 0.0505. The maximum absolute atomic E-state index is 13.2. The fourth-order valence-corrected chi connectivity index (χ4v) is 5.06. The molecule has 0 radical (unpaired) electrons. The first-order chi connectivity index (χ1) is 16.3. The van der Waals surface area contributed by atoms with Crippen molar-refractivity contribution in [2.75, 3.05) is 0 Å². The summed E-state index contributed by atoms with van der Waals surface area (Å²) in [6.07, 6.45) is 1.68. The van der Waals surface area contributed by atoms with Crippen molar-refractivity contribution in [1.29, 1.82) is 0 Å². The molecule has 0 unspecified atom stereocenters. The van der Waals surface area contributed by atoms with E-state index in [4.69, 9.17) is 4.74 Å². The summed E-state index contributed by atoms with van der Waals surface area (Å²) in [5.74, 6) is -0.676. The number of ether oxygens (including phenoxy) is 1. The lowest BCUT2D eigenvalue weighted by atomic mass is 9.96. The van der Waals surface area contributed by atoms with Gasteiger partial charge in [-0.05, 0) is 40.5 Å². The van der Waals surface area contributed by atoms with E-state index in [0.29, 0.717) is 5.56 Å². The van der Waals surface area contributed by atoms with Crippen LogP contribution >= 0.6 is 0 Å². The SMILES string of the molecule is O=C(OCc1ccc([N+](=O)[O-])cc1)[C@@H]1Cc2ccccc2CN1S(=O)(=O)/C=C/c1ccccc1. The summed E-state index contributed by atoms with van der Waals surface area (Å²) in [5, 5.41) is 11.9. The average Bonchev–Trinajstić information content (AvgIpc) is 2.86. The lowest BCUT2D eigenvalue weighted by molar-refractivity contribution is -0.384. The van der Waals surface area contributed by atoms with Crippen LogP contribution in [-0.4, -0.2) is 29.7 Å². The number of nitro groups is 1. The molecule has 0 saturated heterocycles. The van der Waals surface area contributed by atoms with E-state index in [1.54, 1.807) is 12.1 Å². The first-order valence-corrected chi connectivity index (χ1v) is 12.1. The maximum Gasteiger partial charge on any atom is 0.325 e. The van der Waals surface area contributed by atoms with E-state index in [0.717, 1.165) is 26.4 Å². The van der Waals surface area contributed by atoms with Crippen molar-refractivity contribution < 1.29 is 22.9 Å². The number of nitro benzene ring substituents is 1. The molecule has 9 heteroatoms. The van der Waals surface area contributed by atoms with Crippen molar-refractivity contribution in [3.63, 3.8) is 0 Å². The summed E-state index contributed by atoms with van der Waals surface area (Å²) in [7, 11) is -3.94. The smallest absolute Gasteiger partial charge is 0.325 e. The molecule has 1 aliphatic heterocycles. The highest BCUT2D eigenvalue weighted by Gasteiger charge is 2.38. The molecule has 0 spiro atoms. The zero-order chi connectivity index (χ0) is 24.1. The number of hydrogen-bond acceptors (Lipinski definition) is 6. The number of nitrogens with zero attached hydrogens (tertiary/aromatic N) is 2. The van der Waals surface area contributed by atoms with E-state index in [9.17, 15) is 23.3 Å². The van der Waals surface area contributed by atoms with Crippen molar-refractivity contribution in [2.24, 2.45) is 0 Å². The van der Waals surface area contributed by atoms with Gasteiger partial charge in [-0.3, -0.25) is 14.9 Å². The Bertz CT molecular complexity index is 1320. The van der Waals surface area contributed by atoms with E-state index in [1.165, 1.54) is 30.3 Å². The topological polar surface area (TPSA) is 107 Å². The Balaban J connectivity index is 1.55. The Morgan fingerprint density at radius 2 is 1.65 bits per heavy atom. The van der Waals surface area contributed by atoms with Gasteiger partial charge in [-0.25, -0.2) is 8.42 Å². The minimum Gasteiger partial charge on any atom is -0.460 e. The molecule has 0 aromatic heterocycles. The first kappa shape index (κ1) is 23.3. The number of rotatable bonds is 7. The third-order valence-corrected chi connectivity index (χ3v) is 7.08. The third kappa shape index (κ3) is 5.38. The number of hydrogen-bond donors (Lipinski definition) is 0. The molecular formula is C25H22N2O6S. The van der Waals surface area contributed by atoms with Crippen LogP contribution in [0.1, 0.15) is 22.3 Å². The van der Waals surface area contributed by atoms with Gasteiger partial charge in [0.05, 0.1) is 4.92 Å². The van der Waals surface area contributed by atoms with Gasteiger partial charge in [-0.15, -0.1) is 0 Å². The summed E-state index contributed by atoms with van der Waals surface area (Å²) in [6, 6.07) is 21.0. The van der Waals surface area contributed by atoms with Gasteiger partial charge in [0, 0.05) is 30.5 Å². The molecule has 4 rings (SSSR count). The zero-order valence-electron chi connectivity index (χ0n) is 18.1. The number of carbonyl (C=O) groups is 1.